The molecule has 39 heavy (non-hydrogen) atoms. The molecule has 3 aromatic carbocycles. The van der Waals surface area contributed by atoms with E-state index in [-0.39, 0.29) is 28.0 Å². The fourth-order valence-electron chi connectivity index (χ4n) is 4.88. The van der Waals surface area contributed by atoms with Crippen molar-refractivity contribution in [2.45, 2.75) is 39.0 Å². The van der Waals surface area contributed by atoms with Crippen molar-refractivity contribution in [1.82, 2.24) is 0 Å². The number of hydrogen-bond acceptors (Lipinski definition) is 5. The molecule has 4 N–H and O–H groups in total. The fourth-order valence-corrected chi connectivity index (χ4v) is 5.73. The Hall–Kier alpha value is -4.15. The van der Waals surface area contributed by atoms with Gasteiger partial charge >= 0.3 is 0 Å². The number of hydrogen-bond donors (Lipinski definition) is 2. The van der Waals surface area contributed by atoms with Crippen LogP contribution in [-0.2, 0) is 10.0 Å². The number of allylic oxidation sites excluding steroid dienone is 3. The van der Waals surface area contributed by atoms with Crippen LogP contribution in [0.15, 0.2) is 82.7 Å². The first kappa shape index (κ1) is 27.9. The van der Waals surface area contributed by atoms with Crippen molar-refractivity contribution in [3.8, 4) is 0 Å². The Morgan fingerprint density at radius 2 is 1.92 bits per heavy atom. The number of nitro groups is 1. The van der Waals surface area contributed by atoms with E-state index in [1.165, 1.54) is 30.3 Å². The van der Waals surface area contributed by atoms with Crippen molar-refractivity contribution in [1.29, 1.82) is 0 Å². The van der Waals surface area contributed by atoms with Gasteiger partial charge < -0.3 is 5.73 Å². The molecule has 0 bridgehead atoms. The highest BCUT2D eigenvalue weighted by Gasteiger charge is 2.23. The van der Waals surface area contributed by atoms with Crippen LogP contribution >= 0.6 is 0 Å². The highest BCUT2D eigenvalue weighted by atomic mass is 32.2. The largest absolute Gasteiger partial charge is 0.383 e. The Morgan fingerprint density at radius 3 is 2.56 bits per heavy atom. The van der Waals surface area contributed by atoms with Gasteiger partial charge in [-0.1, -0.05) is 55.0 Å². The molecule has 0 spiro atoms. The smallest absolute Gasteiger partial charge is 0.270 e. The molecule has 1 aliphatic carbocycles. The first-order chi connectivity index (χ1) is 18.5. The lowest BCUT2D eigenvalue weighted by Crippen LogP contribution is -2.18. The summed E-state index contributed by atoms with van der Waals surface area (Å²) in [5, 5.41) is 16.9. The molecule has 1 unspecified atom stereocenters. The number of primary sulfonamides is 1. The number of benzene rings is 3. The van der Waals surface area contributed by atoms with Crippen molar-refractivity contribution >= 4 is 32.8 Å². The van der Waals surface area contributed by atoms with E-state index in [0.29, 0.717) is 36.0 Å². The van der Waals surface area contributed by atoms with E-state index in [1.54, 1.807) is 18.2 Å². The quantitative estimate of drug-likeness (QED) is 0.154. The van der Waals surface area contributed by atoms with E-state index in [2.05, 4.69) is 11.1 Å². The number of nitrogens with zero attached hydrogens (tertiary/aromatic N) is 2. The van der Waals surface area contributed by atoms with Crippen LogP contribution in [0.2, 0.25) is 0 Å². The summed E-state index contributed by atoms with van der Waals surface area (Å²) in [5.41, 5.74) is 10.1. The molecule has 0 amide bonds. The number of halogens is 1. The van der Waals surface area contributed by atoms with Gasteiger partial charge in [0.2, 0.25) is 10.0 Å². The lowest BCUT2D eigenvalue weighted by molar-refractivity contribution is -0.384. The van der Waals surface area contributed by atoms with Crippen LogP contribution in [0, 0.1) is 22.9 Å². The summed E-state index contributed by atoms with van der Waals surface area (Å²) in [6.45, 7) is 4.00. The maximum absolute atomic E-state index is 15.3. The Morgan fingerprint density at radius 1 is 1.15 bits per heavy atom. The normalized spacial score (nSPS) is 14.9. The van der Waals surface area contributed by atoms with Crippen LogP contribution in [0.5, 0.6) is 0 Å². The molecule has 3 aromatic rings. The maximum Gasteiger partial charge on any atom is 0.270 e. The molecule has 0 heterocycles. The SMILES string of the molecule is CCC(c1cccc(C)c1)c1ccc([N+](=O)[O-])cc1C(N)=Nc1ccc(C2=C(S(N)(=O)=O)C=CCC2)cc1F. The van der Waals surface area contributed by atoms with Gasteiger partial charge in [-0.15, -0.1) is 0 Å². The van der Waals surface area contributed by atoms with E-state index < -0.39 is 20.8 Å². The minimum absolute atomic E-state index is 0.0492. The van der Waals surface area contributed by atoms with Crippen LogP contribution in [0.1, 0.15) is 59.9 Å². The third-order valence-electron chi connectivity index (χ3n) is 6.72. The number of aryl methyl sites for hydroxylation is 1. The molecule has 0 saturated carbocycles. The zero-order valence-corrected chi connectivity index (χ0v) is 22.4. The lowest BCUT2D eigenvalue weighted by atomic mass is 9.85. The predicted molar refractivity (Wildman–Crippen MR) is 152 cm³/mol. The molecule has 0 aromatic heterocycles. The van der Waals surface area contributed by atoms with Gasteiger partial charge in [0.05, 0.1) is 9.83 Å². The zero-order valence-electron chi connectivity index (χ0n) is 21.6. The van der Waals surface area contributed by atoms with Crippen molar-refractivity contribution in [3.05, 3.63) is 121 Å². The van der Waals surface area contributed by atoms with Crippen molar-refractivity contribution in [3.63, 3.8) is 0 Å². The summed E-state index contributed by atoms with van der Waals surface area (Å²) < 4.78 is 39.3. The summed E-state index contributed by atoms with van der Waals surface area (Å²) in [6.07, 6.45) is 4.81. The Balaban J connectivity index is 1.80. The Kier molecular flexibility index (Phi) is 8.08. The summed E-state index contributed by atoms with van der Waals surface area (Å²) >= 11 is 0. The van der Waals surface area contributed by atoms with Crippen LogP contribution in [0.4, 0.5) is 15.8 Å². The van der Waals surface area contributed by atoms with Crippen molar-refractivity contribution in [2.24, 2.45) is 15.9 Å². The van der Waals surface area contributed by atoms with Gasteiger partial charge in [-0.2, -0.15) is 0 Å². The van der Waals surface area contributed by atoms with E-state index in [0.717, 1.165) is 16.7 Å². The minimum atomic E-state index is -3.99. The van der Waals surface area contributed by atoms with Crippen LogP contribution in [0.25, 0.3) is 5.57 Å². The van der Waals surface area contributed by atoms with Gasteiger partial charge in [-0.25, -0.2) is 22.9 Å². The van der Waals surface area contributed by atoms with Crippen LogP contribution in [-0.4, -0.2) is 19.2 Å². The Labute approximate surface area is 226 Å². The van der Waals surface area contributed by atoms with Crippen molar-refractivity contribution in [2.75, 3.05) is 0 Å². The molecular formula is C29H29FN4O4S. The molecular weight excluding hydrogens is 519 g/mol. The minimum Gasteiger partial charge on any atom is -0.383 e. The zero-order chi connectivity index (χ0) is 28.3. The van der Waals surface area contributed by atoms with Gasteiger partial charge in [0.1, 0.15) is 17.3 Å². The number of rotatable bonds is 8. The van der Waals surface area contributed by atoms with Gasteiger partial charge in [0.15, 0.2) is 0 Å². The first-order valence-electron chi connectivity index (χ1n) is 12.4. The number of non-ortho nitro benzene ring substituents is 1. The molecule has 202 valence electrons. The van der Waals surface area contributed by atoms with E-state index in [1.807, 2.05) is 32.0 Å². The highest BCUT2D eigenvalue weighted by Crippen LogP contribution is 2.35. The van der Waals surface area contributed by atoms with Gasteiger partial charge in [0.25, 0.3) is 5.69 Å². The molecule has 1 aliphatic rings. The van der Waals surface area contributed by atoms with Gasteiger partial charge in [0, 0.05) is 23.6 Å². The maximum atomic E-state index is 15.3. The number of amidine groups is 1. The molecule has 0 saturated heterocycles. The molecule has 0 aliphatic heterocycles. The summed E-state index contributed by atoms with van der Waals surface area (Å²) in [5.74, 6) is -0.912. The molecule has 0 fully saturated rings. The third kappa shape index (κ3) is 6.13. The van der Waals surface area contributed by atoms with Gasteiger partial charge in [-0.05, 0) is 66.7 Å². The fraction of sp³-hybridized carbons (Fsp3) is 0.207. The van der Waals surface area contributed by atoms with E-state index in [9.17, 15) is 18.5 Å². The number of nitro benzene ring substituents is 1. The van der Waals surface area contributed by atoms with Gasteiger partial charge in [-0.3, -0.25) is 10.1 Å². The lowest BCUT2D eigenvalue weighted by Gasteiger charge is -2.20. The first-order valence-corrected chi connectivity index (χ1v) is 14.0. The van der Waals surface area contributed by atoms with Crippen LogP contribution < -0.4 is 10.9 Å². The second kappa shape index (κ2) is 11.3. The molecule has 1 atom stereocenters. The topological polar surface area (TPSA) is 142 Å². The summed E-state index contributed by atoms with van der Waals surface area (Å²) in [4.78, 5) is 15.3. The number of sulfonamides is 1. The van der Waals surface area contributed by atoms with E-state index in [4.69, 9.17) is 10.9 Å². The number of nitrogens with two attached hydrogens (primary N) is 2. The van der Waals surface area contributed by atoms with Crippen molar-refractivity contribution < 1.29 is 17.7 Å². The summed E-state index contributed by atoms with van der Waals surface area (Å²) in [6, 6.07) is 16.6. The average Bonchev–Trinajstić information content (AvgIpc) is 2.90. The number of aliphatic imine (C=N–C) groups is 1. The predicted octanol–water partition coefficient (Wildman–Crippen LogP) is 5.97. The van der Waals surface area contributed by atoms with Crippen LogP contribution in [0.3, 0.4) is 0 Å². The molecule has 0 radical (unpaired) electrons. The standard InChI is InChI=1S/C29H29FN4O4S/c1-3-22(19-8-6-7-18(2)15-19)24-13-12-21(34(35)36)17-25(24)29(31)33-27-14-11-20(16-26(27)30)23-9-4-5-10-28(23)39(32,37)38/h5-8,10-17,22H,3-4,9H2,1-2H3,(H2,31,33)(H2,32,37,38). The summed E-state index contributed by atoms with van der Waals surface area (Å²) in [7, 11) is -3.99. The second-order valence-electron chi connectivity index (χ2n) is 9.40. The molecule has 8 nitrogen and oxygen atoms in total. The van der Waals surface area contributed by atoms with E-state index >= 15 is 4.39 Å². The monoisotopic (exact) mass is 548 g/mol. The third-order valence-corrected chi connectivity index (χ3v) is 7.72. The average molecular weight is 549 g/mol. The Bertz CT molecular complexity index is 1640. The highest BCUT2D eigenvalue weighted by molar-refractivity contribution is 7.93. The molecule has 4 rings (SSSR count). The second-order valence-corrected chi connectivity index (χ2v) is 10.9. The molecule has 10 heteroatoms.